The van der Waals surface area contributed by atoms with Gasteiger partial charge in [-0.1, -0.05) is 31.5 Å². The normalized spacial score (nSPS) is 17.0. The summed E-state index contributed by atoms with van der Waals surface area (Å²) in [5, 5.41) is 0. The number of rotatable bonds is 10. The minimum absolute atomic E-state index is 0.0368. The first-order valence-corrected chi connectivity index (χ1v) is 12.6. The van der Waals surface area contributed by atoms with Gasteiger partial charge >= 0.3 is 0 Å². The van der Waals surface area contributed by atoms with Crippen LogP contribution in [0.5, 0.6) is 17.2 Å². The lowest BCUT2D eigenvalue weighted by Gasteiger charge is -2.29. The van der Waals surface area contributed by atoms with Crippen LogP contribution < -0.4 is 14.2 Å². The minimum Gasteiger partial charge on any atom is -0.493 e. The first kappa shape index (κ1) is 23.9. The van der Waals surface area contributed by atoms with Crippen molar-refractivity contribution in [3.63, 3.8) is 0 Å². The van der Waals surface area contributed by atoms with Crippen molar-refractivity contribution in [2.24, 2.45) is 0 Å². The number of para-hydroxylation sites is 1. The van der Waals surface area contributed by atoms with E-state index in [4.69, 9.17) is 14.2 Å². The molecule has 0 radical (unpaired) electrons. The summed E-state index contributed by atoms with van der Waals surface area (Å²) in [5.41, 5.74) is 1.26. The summed E-state index contributed by atoms with van der Waals surface area (Å²) in [6.07, 6.45) is 2.29. The number of methoxy groups -OCH3 is 2. The fourth-order valence-corrected chi connectivity index (χ4v) is 5.54. The van der Waals surface area contributed by atoms with Gasteiger partial charge < -0.3 is 19.1 Å². The Kier molecular flexibility index (Phi) is 8.01. The Morgan fingerprint density at radius 2 is 1.81 bits per heavy atom. The van der Waals surface area contributed by atoms with E-state index < -0.39 is 15.9 Å². The number of carbonyl (C=O) groups excluding carboxylic acids is 1. The van der Waals surface area contributed by atoms with E-state index in [1.807, 2.05) is 18.2 Å². The average molecular weight is 462 g/mol. The third kappa shape index (κ3) is 5.73. The van der Waals surface area contributed by atoms with Gasteiger partial charge in [0.05, 0.1) is 37.9 Å². The van der Waals surface area contributed by atoms with Crippen molar-refractivity contribution in [3.8, 4) is 17.2 Å². The lowest BCUT2D eigenvalue weighted by molar-refractivity contribution is 0.0676. The van der Waals surface area contributed by atoms with E-state index in [0.29, 0.717) is 35.8 Å². The summed E-state index contributed by atoms with van der Waals surface area (Å²) in [7, 11) is -0.0542. The molecule has 0 N–H and O–H groups in total. The van der Waals surface area contributed by atoms with Gasteiger partial charge in [-0.3, -0.25) is 4.79 Å². The van der Waals surface area contributed by atoms with Crippen LogP contribution in [0.2, 0.25) is 0 Å². The van der Waals surface area contributed by atoms with Crippen LogP contribution in [0.1, 0.15) is 42.1 Å². The molecule has 0 spiro atoms. The molecule has 1 aliphatic heterocycles. The second-order valence-corrected chi connectivity index (χ2v) is 10.1. The summed E-state index contributed by atoms with van der Waals surface area (Å²) in [4.78, 5) is 15.3. The molecule has 1 saturated heterocycles. The van der Waals surface area contributed by atoms with E-state index in [2.05, 4.69) is 6.92 Å². The molecule has 0 aliphatic carbocycles. The van der Waals surface area contributed by atoms with Gasteiger partial charge in [0.25, 0.3) is 5.91 Å². The molecule has 0 saturated carbocycles. The average Bonchev–Trinajstić information content (AvgIpc) is 3.16. The number of hydrogen-bond acceptors (Lipinski definition) is 6. The molecule has 1 heterocycles. The Bertz CT molecular complexity index is 1040. The summed E-state index contributed by atoms with van der Waals surface area (Å²) >= 11 is 0. The largest absolute Gasteiger partial charge is 0.493 e. The van der Waals surface area contributed by atoms with Crippen molar-refractivity contribution in [1.29, 1.82) is 0 Å². The van der Waals surface area contributed by atoms with Crippen molar-refractivity contribution < 1.29 is 27.4 Å². The molecule has 0 bridgehead atoms. The molecule has 1 fully saturated rings. The van der Waals surface area contributed by atoms with E-state index in [0.717, 1.165) is 18.4 Å². The maximum Gasteiger partial charge on any atom is 0.258 e. The molecule has 2 aromatic carbocycles. The fraction of sp³-hybridized carbons (Fsp3) is 0.458. The molecule has 3 rings (SSSR count). The number of ether oxygens (including phenoxy) is 3. The molecular formula is C24H31NO6S. The number of hydrogen-bond donors (Lipinski definition) is 0. The quantitative estimate of drug-likeness (QED) is 0.502. The van der Waals surface area contributed by atoms with Gasteiger partial charge in [-0.25, -0.2) is 8.42 Å². The number of sulfone groups is 1. The van der Waals surface area contributed by atoms with Crippen LogP contribution in [-0.2, 0) is 16.4 Å². The SMILES string of the molecule is CCCCOc1ccccc1C(=O)N(Cc1ccc(OC)c(OC)c1)C1CCS(=O)(=O)C1. The molecule has 7 nitrogen and oxygen atoms in total. The third-order valence-electron chi connectivity index (χ3n) is 5.58. The van der Waals surface area contributed by atoms with Crippen LogP contribution in [0, 0.1) is 0 Å². The standard InChI is InChI=1S/C24H31NO6S/c1-4-5-13-31-21-9-7-6-8-20(21)24(26)25(19-12-14-32(27,28)17-19)16-18-10-11-22(29-2)23(15-18)30-3/h6-11,15,19H,4-5,12-14,16-17H2,1-3H3. The monoisotopic (exact) mass is 461 g/mol. The van der Waals surface area contributed by atoms with Gasteiger partial charge in [-0.05, 0) is 42.7 Å². The number of benzene rings is 2. The molecule has 1 aliphatic rings. The van der Waals surface area contributed by atoms with Crippen molar-refractivity contribution in [1.82, 2.24) is 4.90 Å². The maximum atomic E-state index is 13.7. The smallest absolute Gasteiger partial charge is 0.258 e. The fourth-order valence-electron chi connectivity index (χ4n) is 3.81. The van der Waals surface area contributed by atoms with Gasteiger partial charge in [0.15, 0.2) is 21.3 Å². The lowest BCUT2D eigenvalue weighted by atomic mass is 10.1. The molecule has 0 aromatic heterocycles. The summed E-state index contributed by atoms with van der Waals surface area (Å²) in [5.74, 6) is 1.47. The van der Waals surface area contributed by atoms with Crippen LogP contribution in [0.4, 0.5) is 0 Å². The topological polar surface area (TPSA) is 82.1 Å². The van der Waals surface area contributed by atoms with Gasteiger partial charge in [-0.15, -0.1) is 0 Å². The second-order valence-electron chi connectivity index (χ2n) is 7.88. The third-order valence-corrected chi connectivity index (χ3v) is 7.33. The van der Waals surface area contributed by atoms with Crippen LogP contribution >= 0.6 is 0 Å². The van der Waals surface area contributed by atoms with Crippen molar-refractivity contribution >= 4 is 15.7 Å². The highest BCUT2D eigenvalue weighted by Gasteiger charge is 2.36. The van der Waals surface area contributed by atoms with Gasteiger partial charge in [-0.2, -0.15) is 0 Å². The number of amides is 1. The Balaban J connectivity index is 1.93. The van der Waals surface area contributed by atoms with E-state index >= 15 is 0 Å². The molecule has 8 heteroatoms. The molecule has 1 amide bonds. The highest BCUT2D eigenvalue weighted by Crippen LogP contribution is 2.30. The zero-order valence-corrected chi connectivity index (χ0v) is 19.7. The summed E-state index contributed by atoms with van der Waals surface area (Å²) < 4.78 is 40.9. The second kappa shape index (κ2) is 10.7. The molecular weight excluding hydrogens is 430 g/mol. The van der Waals surface area contributed by atoms with Crippen LogP contribution in [0.3, 0.4) is 0 Å². The molecule has 1 atom stereocenters. The highest BCUT2D eigenvalue weighted by molar-refractivity contribution is 7.91. The van der Waals surface area contributed by atoms with Gasteiger partial charge in [0.2, 0.25) is 0 Å². The van der Waals surface area contributed by atoms with E-state index in [-0.39, 0.29) is 24.0 Å². The van der Waals surface area contributed by atoms with Crippen LogP contribution in [-0.4, -0.2) is 57.6 Å². The van der Waals surface area contributed by atoms with Crippen molar-refractivity contribution in [2.75, 3.05) is 32.3 Å². The summed E-state index contributed by atoms with van der Waals surface area (Å²) in [6, 6.07) is 12.2. The first-order valence-electron chi connectivity index (χ1n) is 10.8. The number of unbranched alkanes of at least 4 members (excludes halogenated alkanes) is 1. The summed E-state index contributed by atoms with van der Waals surface area (Å²) in [6.45, 7) is 2.85. The molecule has 32 heavy (non-hydrogen) atoms. The van der Waals surface area contributed by atoms with Gasteiger partial charge in [0, 0.05) is 12.6 Å². The van der Waals surface area contributed by atoms with E-state index in [1.165, 1.54) is 0 Å². The number of nitrogens with zero attached hydrogens (tertiary/aromatic N) is 1. The molecule has 174 valence electrons. The first-order chi connectivity index (χ1) is 15.4. The molecule has 2 aromatic rings. The minimum atomic E-state index is -3.17. The zero-order chi connectivity index (χ0) is 23.1. The Morgan fingerprint density at radius 3 is 2.47 bits per heavy atom. The highest BCUT2D eigenvalue weighted by atomic mass is 32.2. The maximum absolute atomic E-state index is 13.7. The predicted octanol–water partition coefficient (Wildman–Crippen LogP) is 3.71. The van der Waals surface area contributed by atoms with Gasteiger partial charge in [0.1, 0.15) is 5.75 Å². The Hall–Kier alpha value is -2.74. The number of carbonyl (C=O) groups is 1. The molecule has 1 unspecified atom stereocenters. The van der Waals surface area contributed by atoms with Crippen LogP contribution in [0.25, 0.3) is 0 Å². The lowest BCUT2D eigenvalue weighted by Crippen LogP contribution is -2.40. The van der Waals surface area contributed by atoms with E-state index in [9.17, 15) is 13.2 Å². The van der Waals surface area contributed by atoms with Crippen molar-refractivity contribution in [2.45, 2.75) is 38.8 Å². The Labute approximate surface area is 190 Å². The van der Waals surface area contributed by atoms with Crippen molar-refractivity contribution in [3.05, 3.63) is 53.6 Å². The predicted molar refractivity (Wildman–Crippen MR) is 123 cm³/mol. The van der Waals surface area contributed by atoms with Crippen LogP contribution in [0.15, 0.2) is 42.5 Å². The zero-order valence-electron chi connectivity index (χ0n) is 18.9. The Morgan fingerprint density at radius 1 is 1.06 bits per heavy atom. The van der Waals surface area contributed by atoms with E-state index in [1.54, 1.807) is 43.4 Å².